The highest BCUT2D eigenvalue weighted by molar-refractivity contribution is 5.94. The number of nitrogens with one attached hydrogen (secondary N) is 3. The number of aromatic amines is 1. The predicted molar refractivity (Wildman–Crippen MR) is 76.3 cm³/mol. The van der Waals surface area contributed by atoms with Gasteiger partial charge in [0.05, 0.1) is 12.2 Å². The molecule has 1 aliphatic rings. The van der Waals surface area contributed by atoms with E-state index < -0.39 is 0 Å². The number of H-pyrrole nitrogens is 1. The Morgan fingerprint density at radius 1 is 1.40 bits per heavy atom. The first-order valence-corrected chi connectivity index (χ1v) is 6.86. The molecule has 0 bridgehead atoms. The molecule has 0 saturated heterocycles. The Hall–Kier alpha value is -2.14. The van der Waals surface area contributed by atoms with E-state index in [0.717, 1.165) is 25.1 Å². The molecule has 0 aliphatic carbocycles. The van der Waals surface area contributed by atoms with E-state index in [-0.39, 0.29) is 11.9 Å². The molecule has 0 fully saturated rings. The summed E-state index contributed by atoms with van der Waals surface area (Å²) in [6.45, 7) is 3.80. The van der Waals surface area contributed by atoms with Gasteiger partial charge in [-0.2, -0.15) is 5.10 Å². The van der Waals surface area contributed by atoms with Crippen LogP contribution in [0.5, 0.6) is 0 Å². The van der Waals surface area contributed by atoms with E-state index in [0.29, 0.717) is 5.56 Å². The molecule has 1 aromatic carbocycles. The highest BCUT2D eigenvalue weighted by Gasteiger charge is 2.15. The summed E-state index contributed by atoms with van der Waals surface area (Å²) in [4.78, 5) is 12.3. The monoisotopic (exact) mass is 270 g/mol. The first-order valence-electron chi connectivity index (χ1n) is 6.86. The van der Waals surface area contributed by atoms with Crippen molar-refractivity contribution in [2.45, 2.75) is 25.9 Å². The fraction of sp³-hybridized carbons (Fsp3) is 0.333. The van der Waals surface area contributed by atoms with Crippen molar-refractivity contribution >= 4 is 5.91 Å². The number of benzene rings is 1. The first kappa shape index (κ1) is 12.9. The van der Waals surface area contributed by atoms with Crippen LogP contribution in [0.25, 0.3) is 0 Å². The molecule has 104 valence electrons. The van der Waals surface area contributed by atoms with Crippen molar-refractivity contribution in [1.82, 2.24) is 20.8 Å². The molecule has 0 spiro atoms. The number of carbonyl (C=O) groups is 1. The molecule has 20 heavy (non-hydrogen) atoms. The van der Waals surface area contributed by atoms with Gasteiger partial charge in [-0.15, -0.1) is 0 Å². The summed E-state index contributed by atoms with van der Waals surface area (Å²) < 4.78 is 0. The van der Waals surface area contributed by atoms with Gasteiger partial charge in [0.15, 0.2) is 0 Å². The van der Waals surface area contributed by atoms with Crippen molar-refractivity contribution in [2.75, 3.05) is 6.54 Å². The molecule has 3 N–H and O–H groups in total. The minimum atomic E-state index is -0.0598. The van der Waals surface area contributed by atoms with Gasteiger partial charge in [-0.25, -0.2) is 0 Å². The molecule has 3 rings (SSSR count). The third-order valence-electron chi connectivity index (χ3n) is 3.72. The molecule has 5 heteroatoms. The van der Waals surface area contributed by atoms with Crippen molar-refractivity contribution in [3.63, 3.8) is 0 Å². The van der Waals surface area contributed by atoms with E-state index in [9.17, 15) is 4.79 Å². The normalized spacial score (nSPS) is 15.4. The molecular weight excluding hydrogens is 252 g/mol. The van der Waals surface area contributed by atoms with E-state index in [2.05, 4.69) is 26.9 Å². The van der Waals surface area contributed by atoms with Gasteiger partial charge >= 0.3 is 0 Å². The first-order chi connectivity index (χ1) is 9.74. The lowest BCUT2D eigenvalue weighted by Gasteiger charge is -2.18. The van der Waals surface area contributed by atoms with Gasteiger partial charge in [0.2, 0.25) is 0 Å². The number of carbonyl (C=O) groups excluding carboxylic acids is 1. The Bertz CT molecular complexity index is 606. The van der Waals surface area contributed by atoms with Crippen LogP contribution in [0.1, 0.15) is 40.0 Å². The third kappa shape index (κ3) is 2.58. The fourth-order valence-electron chi connectivity index (χ4n) is 2.48. The van der Waals surface area contributed by atoms with E-state index in [4.69, 9.17) is 0 Å². The zero-order valence-corrected chi connectivity index (χ0v) is 11.4. The van der Waals surface area contributed by atoms with Crippen molar-refractivity contribution < 1.29 is 4.79 Å². The molecule has 1 atom stereocenters. The second-order valence-corrected chi connectivity index (χ2v) is 5.14. The van der Waals surface area contributed by atoms with Crippen LogP contribution in [0.2, 0.25) is 0 Å². The molecule has 1 unspecified atom stereocenters. The maximum atomic E-state index is 12.3. The van der Waals surface area contributed by atoms with E-state index >= 15 is 0 Å². The minimum absolute atomic E-state index is 0.0490. The standard InChI is InChI=1S/C15H18N4O/c1-10(14-8-17-18-9-14)19-15(20)12-3-2-11-4-5-16-7-13(11)6-12/h2-3,6,8-10,16H,4-5,7H2,1H3,(H,17,18)(H,19,20). The number of aromatic nitrogens is 2. The van der Waals surface area contributed by atoms with Crippen LogP contribution in [0.3, 0.4) is 0 Å². The van der Waals surface area contributed by atoms with Crippen LogP contribution in [-0.4, -0.2) is 22.6 Å². The van der Waals surface area contributed by atoms with Crippen molar-refractivity contribution in [1.29, 1.82) is 0 Å². The highest BCUT2D eigenvalue weighted by Crippen LogP contribution is 2.17. The topological polar surface area (TPSA) is 69.8 Å². The number of fused-ring (bicyclic) bond motifs is 1. The Morgan fingerprint density at radius 3 is 3.10 bits per heavy atom. The van der Waals surface area contributed by atoms with Gasteiger partial charge in [-0.3, -0.25) is 9.89 Å². The summed E-state index contributed by atoms with van der Waals surface area (Å²) in [6.07, 6.45) is 4.55. The number of nitrogens with zero attached hydrogens (tertiary/aromatic N) is 1. The molecule has 0 radical (unpaired) electrons. The zero-order chi connectivity index (χ0) is 13.9. The van der Waals surface area contributed by atoms with Gasteiger partial charge in [0.25, 0.3) is 5.91 Å². The van der Waals surface area contributed by atoms with E-state index in [1.165, 1.54) is 11.1 Å². The second-order valence-electron chi connectivity index (χ2n) is 5.14. The lowest BCUT2D eigenvalue weighted by atomic mass is 9.98. The Balaban J connectivity index is 1.74. The molecule has 1 aromatic heterocycles. The number of amides is 1. The van der Waals surface area contributed by atoms with Crippen LogP contribution in [0.4, 0.5) is 0 Å². The molecular formula is C15H18N4O. The van der Waals surface area contributed by atoms with Crippen LogP contribution >= 0.6 is 0 Å². The van der Waals surface area contributed by atoms with Crippen LogP contribution < -0.4 is 10.6 Å². The van der Waals surface area contributed by atoms with Crippen molar-refractivity contribution in [3.05, 3.63) is 52.8 Å². The molecule has 1 amide bonds. The minimum Gasteiger partial charge on any atom is -0.345 e. The van der Waals surface area contributed by atoms with Crippen LogP contribution in [0.15, 0.2) is 30.6 Å². The highest BCUT2D eigenvalue weighted by atomic mass is 16.1. The maximum Gasteiger partial charge on any atom is 0.251 e. The number of hydrogen-bond acceptors (Lipinski definition) is 3. The predicted octanol–water partition coefficient (Wildman–Crippen LogP) is 1.55. The quantitative estimate of drug-likeness (QED) is 0.792. The zero-order valence-electron chi connectivity index (χ0n) is 11.4. The largest absolute Gasteiger partial charge is 0.345 e. The molecule has 0 saturated carbocycles. The summed E-state index contributed by atoms with van der Waals surface area (Å²) in [5.41, 5.74) is 4.24. The average molecular weight is 270 g/mol. The average Bonchev–Trinajstić information content (AvgIpc) is 3.01. The van der Waals surface area contributed by atoms with Crippen molar-refractivity contribution in [3.8, 4) is 0 Å². The Kier molecular flexibility index (Phi) is 3.52. The smallest absolute Gasteiger partial charge is 0.251 e. The van der Waals surface area contributed by atoms with E-state index in [1.807, 2.05) is 19.1 Å². The maximum absolute atomic E-state index is 12.3. The van der Waals surface area contributed by atoms with Crippen LogP contribution in [-0.2, 0) is 13.0 Å². The van der Waals surface area contributed by atoms with Gasteiger partial charge in [-0.1, -0.05) is 6.07 Å². The lowest BCUT2D eigenvalue weighted by molar-refractivity contribution is 0.0940. The molecule has 1 aliphatic heterocycles. The van der Waals surface area contributed by atoms with Gasteiger partial charge in [-0.05, 0) is 43.1 Å². The summed E-state index contributed by atoms with van der Waals surface area (Å²) in [5, 5.41) is 13.0. The third-order valence-corrected chi connectivity index (χ3v) is 3.72. The van der Waals surface area contributed by atoms with Gasteiger partial charge in [0.1, 0.15) is 0 Å². The number of hydrogen-bond donors (Lipinski definition) is 3. The second kappa shape index (κ2) is 5.46. The van der Waals surface area contributed by atoms with E-state index in [1.54, 1.807) is 12.4 Å². The molecule has 2 aromatic rings. The van der Waals surface area contributed by atoms with Gasteiger partial charge in [0, 0.05) is 23.9 Å². The number of rotatable bonds is 3. The summed E-state index contributed by atoms with van der Waals surface area (Å²) >= 11 is 0. The fourth-order valence-corrected chi connectivity index (χ4v) is 2.48. The SMILES string of the molecule is CC(NC(=O)c1ccc2c(c1)CNCC2)c1cn[nH]c1. The summed E-state index contributed by atoms with van der Waals surface area (Å²) in [7, 11) is 0. The van der Waals surface area contributed by atoms with Crippen molar-refractivity contribution in [2.24, 2.45) is 0 Å². The molecule has 2 heterocycles. The summed E-state index contributed by atoms with van der Waals surface area (Å²) in [5.74, 6) is -0.0490. The van der Waals surface area contributed by atoms with Crippen LogP contribution in [0, 0.1) is 0 Å². The molecule has 5 nitrogen and oxygen atoms in total. The lowest BCUT2D eigenvalue weighted by Crippen LogP contribution is -2.28. The Labute approximate surface area is 117 Å². The summed E-state index contributed by atoms with van der Waals surface area (Å²) in [6, 6.07) is 5.89. The van der Waals surface area contributed by atoms with Gasteiger partial charge < -0.3 is 10.6 Å². The Morgan fingerprint density at radius 2 is 2.30 bits per heavy atom.